The summed E-state index contributed by atoms with van der Waals surface area (Å²) in [5.41, 5.74) is 4.24. The number of benzene rings is 2. The Morgan fingerprint density at radius 3 is 1.82 bits per heavy atom. The summed E-state index contributed by atoms with van der Waals surface area (Å²) in [7, 11) is 1.97. The molecule has 0 fully saturated rings. The number of hydrogen-bond acceptors (Lipinski definition) is 6. The molecule has 40 heavy (non-hydrogen) atoms. The average Bonchev–Trinajstić information content (AvgIpc) is 2.83. The Morgan fingerprint density at radius 1 is 0.900 bits per heavy atom. The van der Waals surface area contributed by atoms with E-state index in [1.54, 1.807) is 24.3 Å². The minimum atomic E-state index is -0.549. The van der Waals surface area contributed by atoms with Gasteiger partial charge in [0.25, 0.3) is 5.69 Å². The molecule has 0 unspecified atom stereocenters. The fourth-order valence-electron chi connectivity index (χ4n) is 6.25. The van der Waals surface area contributed by atoms with E-state index in [-0.39, 0.29) is 50.5 Å². The maximum absolute atomic E-state index is 13.7. The van der Waals surface area contributed by atoms with Crippen LogP contribution in [0.5, 0.6) is 5.75 Å². The zero-order valence-electron chi connectivity index (χ0n) is 23.3. The lowest BCUT2D eigenvalue weighted by molar-refractivity contribution is -0.384. The monoisotopic (exact) mass is 582 g/mol. The molecule has 5 rings (SSSR count). The summed E-state index contributed by atoms with van der Waals surface area (Å²) in [5, 5.41) is 11.5. The van der Waals surface area contributed by atoms with E-state index in [9.17, 15) is 19.7 Å². The zero-order chi connectivity index (χ0) is 29.1. The number of ether oxygens (including phenoxy) is 1. The molecule has 2 aromatic carbocycles. The second-order valence-corrected chi connectivity index (χ2v) is 13.4. The van der Waals surface area contributed by atoms with Gasteiger partial charge in [-0.1, -0.05) is 50.9 Å². The topological polar surface area (TPSA) is 89.8 Å². The molecule has 7 nitrogen and oxygen atoms in total. The fraction of sp³-hybridized carbons (Fsp3) is 0.419. The molecule has 0 bridgehead atoms. The summed E-state index contributed by atoms with van der Waals surface area (Å²) in [6, 6.07) is 9.52. The molecule has 0 radical (unpaired) electrons. The number of Topliss-reactive ketones (excluding diaryl/α,β-unsaturated/α-hetero) is 2. The standard InChI is InChI=1S/C31H32Cl2N2O5/c1-30(2)12-22-27(24(36)14-30)26(28-23(34(22)5)13-31(3,4)15-25(28)37)18-10-20(32)29(21(33)11-18)40-16-17-6-8-19(9-7-17)35(38)39/h6-11,26H,12-16H2,1-5H3. The van der Waals surface area contributed by atoms with E-state index in [1.165, 1.54) is 12.1 Å². The third-order valence-corrected chi connectivity index (χ3v) is 8.63. The van der Waals surface area contributed by atoms with Gasteiger partial charge in [-0.25, -0.2) is 0 Å². The predicted molar refractivity (Wildman–Crippen MR) is 154 cm³/mol. The number of nitro groups is 1. The van der Waals surface area contributed by atoms with Crippen LogP contribution < -0.4 is 4.74 Å². The minimum Gasteiger partial charge on any atom is -0.486 e. The van der Waals surface area contributed by atoms with E-state index in [1.807, 2.05) is 7.05 Å². The third-order valence-electron chi connectivity index (χ3n) is 8.06. The molecule has 0 saturated heterocycles. The number of rotatable bonds is 5. The molecule has 3 aliphatic rings. The number of carbonyl (C=O) groups excluding carboxylic acids is 2. The molecule has 0 atom stereocenters. The van der Waals surface area contributed by atoms with Gasteiger partial charge >= 0.3 is 0 Å². The Morgan fingerprint density at radius 2 is 1.38 bits per heavy atom. The van der Waals surface area contributed by atoms with Crippen molar-refractivity contribution in [2.45, 2.75) is 65.9 Å². The normalized spacial score (nSPS) is 20.4. The van der Waals surface area contributed by atoms with E-state index in [0.717, 1.165) is 24.2 Å². The van der Waals surface area contributed by atoms with Crippen LogP contribution in [-0.4, -0.2) is 28.4 Å². The van der Waals surface area contributed by atoms with Crippen molar-refractivity contribution in [1.82, 2.24) is 4.90 Å². The van der Waals surface area contributed by atoms with Gasteiger partial charge in [0.05, 0.1) is 15.0 Å². The first-order valence-corrected chi connectivity index (χ1v) is 14.0. The lowest BCUT2D eigenvalue weighted by Gasteiger charge is -2.48. The summed E-state index contributed by atoms with van der Waals surface area (Å²) < 4.78 is 5.92. The van der Waals surface area contributed by atoms with Gasteiger partial charge in [0.15, 0.2) is 17.3 Å². The van der Waals surface area contributed by atoms with Gasteiger partial charge in [-0.15, -0.1) is 0 Å². The quantitative estimate of drug-likeness (QED) is 0.264. The van der Waals surface area contributed by atoms with Crippen molar-refractivity contribution in [3.8, 4) is 5.75 Å². The molecule has 0 spiro atoms. The van der Waals surface area contributed by atoms with Crippen LogP contribution in [0.25, 0.3) is 0 Å². The van der Waals surface area contributed by atoms with Crippen LogP contribution in [0.3, 0.4) is 0 Å². The lowest BCUT2D eigenvalue weighted by Crippen LogP contribution is -2.43. The van der Waals surface area contributed by atoms with E-state index >= 15 is 0 Å². The van der Waals surface area contributed by atoms with Crippen molar-refractivity contribution in [3.63, 3.8) is 0 Å². The molecule has 0 amide bonds. The minimum absolute atomic E-state index is 0.00839. The highest BCUT2D eigenvalue weighted by atomic mass is 35.5. The molecule has 210 valence electrons. The Kier molecular flexibility index (Phi) is 7.12. The van der Waals surface area contributed by atoms with E-state index in [2.05, 4.69) is 32.6 Å². The summed E-state index contributed by atoms with van der Waals surface area (Å²) >= 11 is 13.4. The highest BCUT2D eigenvalue weighted by molar-refractivity contribution is 6.37. The van der Waals surface area contributed by atoms with Crippen molar-refractivity contribution in [1.29, 1.82) is 0 Å². The number of carbonyl (C=O) groups is 2. The van der Waals surface area contributed by atoms with Gasteiger partial charge < -0.3 is 9.64 Å². The molecule has 2 aliphatic carbocycles. The number of allylic oxidation sites excluding steroid dienone is 4. The van der Waals surface area contributed by atoms with Crippen molar-refractivity contribution in [3.05, 3.63) is 90.2 Å². The summed E-state index contributed by atoms with van der Waals surface area (Å²) in [4.78, 5) is 39.9. The molecular weight excluding hydrogens is 551 g/mol. The maximum Gasteiger partial charge on any atom is 0.269 e. The second kappa shape index (κ2) is 10.0. The SMILES string of the molecule is CN1C2=C(C(=O)CC(C)(C)C2)C(c2cc(Cl)c(OCc3ccc([N+](=O)[O-])cc3)c(Cl)c2)C2=C1CC(C)(C)CC2=O. The van der Waals surface area contributed by atoms with Crippen LogP contribution in [-0.2, 0) is 16.2 Å². The molecule has 0 N–H and O–H groups in total. The molecule has 1 heterocycles. The number of hydrogen-bond donors (Lipinski definition) is 0. The van der Waals surface area contributed by atoms with Crippen LogP contribution in [0.4, 0.5) is 5.69 Å². The second-order valence-electron chi connectivity index (χ2n) is 12.6. The van der Waals surface area contributed by atoms with Gasteiger partial charge in [-0.05, 0) is 59.1 Å². The molecule has 2 aromatic rings. The van der Waals surface area contributed by atoms with Crippen molar-refractivity contribution in [2.24, 2.45) is 10.8 Å². The highest BCUT2D eigenvalue weighted by Gasteiger charge is 2.48. The fourth-order valence-corrected chi connectivity index (χ4v) is 6.86. The molecule has 1 aliphatic heterocycles. The summed E-state index contributed by atoms with van der Waals surface area (Å²) in [5.74, 6) is -0.197. The van der Waals surface area contributed by atoms with Crippen LogP contribution in [0.15, 0.2) is 58.9 Å². The van der Waals surface area contributed by atoms with Gasteiger partial charge in [-0.3, -0.25) is 19.7 Å². The summed E-state index contributed by atoms with van der Waals surface area (Å²) in [6.45, 7) is 8.51. The van der Waals surface area contributed by atoms with Crippen LogP contribution in [0.2, 0.25) is 10.0 Å². The maximum atomic E-state index is 13.7. The highest BCUT2D eigenvalue weighted by Crippen LogP contribution is 2.54. The van der Waals surface area contributed by atoms with E-state index < -0.39 is 10.8 Å². The number of non-ortho nitro benzene ring substituents is 1. The zero-order valence-corrected chi connectivity index (χ0v) is 24.8. The van der Waals surface area contributed by atoms with Gasteiger partial charge in [0.2, 0.25) is 0 Å². The van der Waals surface area contributed by atoms with Crippen LogP contribution in [0, 0.1) is 20.9 Å². The Bertz CT molecular complexity index is 1430. The number of halogens is 2. The van der Waals surface area contributed by atoms with Crippen molar-refractivity contribution in [2.75, 3.05) is 7.05 Å². The van der Waals surface area contributed by atoms with Gasteiger partial charge in [0.1, 0.15) is 6.61 Å². The Labute approximate surface area is 243 Å². The Hall–Kier alpha value is -3.16. The van der Waals surface area contributed by atoms with Crippen molar-refractivity contribution >= 4 is 40.5 Å². The number of nitrogens with zero attached hydrogens (tertiary/aromatic N) is 2. The molecule has 0 saturated carbocycles. The van der Waals surface area contributed by atoms with E-state index in [4.69, 9.17) is 27.9 Å². The molecule has 0 aromatic heterocycles. The van der Waals surface area contributed by atoms with Crippen LogP contribution >= 0.6 is 23.2 Å². The predicted octanol–water partition coefficient (Wildman–Crippen LogP) is 7.80. The van der Waals surface area contributed by atoms with Crippen molar-refractivity contribution < 1.29 is 19.2 Å². The first-order valence-electron chi connectivity index (χ1n) is 13.3. The van der Waals surface area contributed by atoms with Gasteiger partial charge in [-0.2, -0.15) is 0 Å². The first-order chi connectivity index (χ1) is 18.7. The average molecular weight is 584 g/mol. The number of nitro benzene ring substituents is 1. The summed E-state index contributed by atoms with van der Waals surface area (Å²) in [6.07, 6.45) is 2.25. The molecular formula is C31H32Cl2N2O5. The largest absolute Gasteiger partial charge is 0.486 e. The van der Waals surface area contributed by atoms with Crippen LogP contribution in [0.1, 0.15) is 70.4 Å². The smallest absolute Gasteiger partial charge is 0.269 e. The Balaban J connectivity index is 1.55. The lowest BCUT2D eigenvalue weighted by atomic mass is 9.64. The number of ketones is 2. The van der Waals surface area contributed by atoms with Gasteiger partial charge in [0, 0.05) is 60.5 Å². The van der Waals surface area contributed by atoms with E-state index in [0.29, 0.717) is 35.1 Å². The molecule has 9 heteroatoms. The third kappa shape index (κ3) is 5.17. The first kappa shape index (κ1) is 28.4.